The smallest absolute Gasteiger partial charge is 0.341 e. The van der Waals surface area contributed by atoms with Crippen molar-refractivity contribution < 1.29 is 19.1 Å². The van der Waals surface area contributed by atoms with Crippen LogP contribution in [0.3, 0.4) is 0 Å². The molecule has 1 aliphatic carbocycles. The summed E-state index contributed by atoms with van der Waals surface area (Å²) in [4.78, 5) is 43.3. The van der Waals surface area contributed by atoms with Crippen LogP contribution in [0.4, 0.5) is 10.7 Å². The van der Waals surface area contributed by atoms with Gasteiger partial charge in [-0.25, -0.2) is 4.79 Å². The molecule has 1 saturated heterocycles. The average molecular weight is 499 g/mol. The molecule has 188 valence electrons. The lowest BCUT2D eigenvalue weighted by molar-refractivity contribution is -0.120. The summed E-state index contributed by atoms with van der Waals surface area (Å²) in [5.41, 5.74) is 4.57. The monoisotopic (exact) mass is 498 g/mol. The van der Waals surface area contributed by atoms with Crippen LogP contribution in [0.2, 0.25) is 0 Å². The molecule has 0 atom stereocenters. The van der Waals surface area contributed by atoms with Gasteiger partial charge in [-0.2, -0.15) is 0 Å². The van der Waals surface area contributed by atoms with Crippen molar-refractivity contribution in [2.45, 2.75) is 40.0 Å². The van der Waals surface area contributed by atoms with E-state index in [-0.39, 0.29) is 24.3 Å². The second kappa shape index (κ2) is 11.3. The molecule has 1 aromatic carbocycles. The van der Waals surface area contributed by atoms with Crippen molar-refractivity contribution in [2.24, 2.45) is 0 Å². The van der Waals surface area contributed by atoms with Gasteiger partial charge in [0.2, 0.25) is 11.8 Å². The zero-order valence-electron chi connectivity index (χ0n) is 20.7. The molecule has 0 unspecified atom stereocenters. The maximum absolute atomic E-state index is 12.8. The Kier molecular flexibility index (Phi) is 8.20. The number of carbonyl (C=O) groups excluding carboxylic acids is 3. The molecule has 2 heterocycles. The van der Waals surface area contributed by atoms with E-state index in [4.69, 9.17) is 4.74 Å². The summed E-state index contributed by atoms with van der Waals surface area (Å²) in [7, 11) is 0. The van der Waals surface area contributed by atoms with E-state index in [0.717, 1.165) is 54.7 Å². The van der Waals surface area contributed by atoms with E-state index in [9.17, 15) is 14.4 Å². The first-order valence-electron chi connectivity index (χ1n) is 12.3. The molecule has 0 spiro atoms. The van der Waals surface area contributed by atoms with Crippen LogP contribution in [0.25, 0.3) is 0 Å². The van der Waals surface area contributed by atoms with Gasteiger partial charge >= 0.3 is 5.97 Å². The second-order valence-corrected chi connectivity index (χ2v) is 10.3. The van der Waals surface area contributed by atoms with Crippen LogP contribution < -0.4 is 10.6 Å². The number of anilines is 2. The number of rotatable bonds is 8. The van der Waals surface area contributed by atoms with Crippen LogP contribution in [-0.2, 0) is 27.2 Å². The number of aryl methyl sites for hydroxylation is 3. The summed E-state index contributed by atoms with van der Waals surface area (Å²) in [6.07, 6.45) is 2.84. The first-order chi connectivity index (χ1) is 16.9. The number of hydrogen-bond donors (Lipinski definition) is 2. The lowest BCUT2D eigenvalue weighted by Gasteiger charge is -2.33. The zero-order chi connectivity index (χ0) is 24.9. The normalized spacial score (nSPS) is 16.1. The van der Waals surface area contributed by atoms with E-state index in [1.807, 2.05) is 32.0 Å². The van der Waals surface area contributed by atoms with Crippen LogP contribution in [0.15, 0.2) is 18.2 Å². The standard InChI is InChI=1S/C26H34N4O4S/c1-4-34-26(33)23-19-9-6-10-20(19)35-25(23)28-22(32)16-30-13-11-29(12-14-30)15-21(31)27-24-17(2)7-5-8-18(24)3/h5,7-8H,4,6,9-16H2,1-3H3,(H,27,31)(H,28,32). The number of carbonyl (C=O) groups is 3. The Morgan fingerprint density at radius 2 is 1.54 bits per heavy atom. The van der Waals surface area contributed by atoms with E-state index in [1.54, 1.807) is 6.92 Å². The van der Waals surface area contributed by atoms with Gasteiger partial charge in [0.05, 0.1) is 25.3 Å². The molecule has 4 rings (SSSR count). The fraction of sp³-hybridized carbons (Fsp3) is 0.500. The van der Waals surface area contributed by atoms with Crippen molar-refractivity contribution >= 4 is 39.8 Å². The summed E-state index contributed by atoms with van der Waals surface area (Å²) in [6, 6.07) is 5.97. The number of fused-ring (bicyclic) bond motifs is 1. The number of nitrogens with zero attached hydrogens (tertiary/aromatic N) is 2. The highest BCUT2D eigenvalue weighted by atomic mass is 32.1. The first-order valence-corrected chi connectivity index (χ1v) is 13.1. The van der Waals surface area contributed by atoms with Crippen molar-refractivity contribution in [1.29, 1.82) is 0 Å². The van der Waals surface area contributed by atoms with Crippen LogP contribution in [-0.4, -0.2) is 73.5 Å². The van der Waals surface area contributed by atoms with E-state index < -0.39 is 0 Å². The molecule has 0 saturated carbocycles. The van der Waals surface area contributed by atoms with Crippen molar-refractivity contribution in [3.63, 3.8) is 0 Å². The van der Waals surface area contributed by atoms with Gasteiger partial charge in [-0.05, 0) is 56.7 Å². The molecule has 8 nitrogen and oxygen atoms in total. The summed E-state index contributed by atoms with van der Waals surface area (Å²) < 4.78 is 5.25. The SMILES string of the molecule is CCOC(=O)c1c(NC(=O)CN2CCN(CC(=O)Nc3c(C)cccc3C)CC2)sc2c1CCC2. The predicted octanol–water partition coefficient (Wildman–Crippen LogP) is 3.23. The first kappa shape index (κ1) is 25.3. The van der Waals surface area contributed by atoms with Crippen LogP contribution in [0.5, 0.6) is 0 Å². The number of piperazine rings is 1. The fourth-order valence-corrected chi connectivity index (χ4v) is 6.07. The molecule has 2 N–H and O–H groups in total. The molecule has 2 aliphatic rings. The van der Waals surface area contributed by atoms with E-state index in [0.29, 0.717) is 36.8 Å². The number of benzene rings is 1. The van der Waals surface area contributed by atoms with E-state index >= 15 is 0 Å². The highest BCUT2D eigenvalue weighted by molar-refractivity contribution is 7.17. The molecule has 2 aromatic rings. The predicted molar refractivity (Wildman–Crippen MR) is 138 cm³/mol. The maximum Gasteiger partial charge on any atom is 0.341 e. The topological polar surface area (TPSA) is 91.0 Å². The lowest BCUT2D eigenvalue weighted by Crippen LogP contribution is -2.50. The highest BCUT2D eigenvalue weighted by Crippen LogP contribution is 2.39. The Balaban J connectivity index is 1.26. The summed E-state index contributed by atoms with van der Waals surface area (Å²) >= 11 is 1.50. The Bertz CT molecular complexity index is 1080. The number of para-hydroxylation sites is 1. The van der Waals surface area contributed by atoms with Crippen molar-refractivity contribution in [2.75, 3.05) is 56.5 Å². The fourth-order valence-electron chi connectivity index (χ4n) is 4.78. The third-order valence-electron chi connectivity index (χ3n) is 6.60. The van der Waals surface area contributed by atoms with Gasteiger partial charge in [0.15, 0.2) is 0 Å². The Morgan fingerprint density at radius 1 is 0.943 bits per heavy atom. The lowest BCUT2D eigenvalue weighted by atomic mass is 10.1. The molecule has 1 fully saturated rings. The van der Waals surface area contributed by atoms with Crippen LogP contribution >= 0.6 is 11.3 Å². The second-order valence-electron chi connectivity index (χ2n) is 9.20. The van der Waals surface area contributed by atoms with Gasteiger partial charge < -0.3 is 15.4 Å². The molecular weight excluding hydrogens is 464 g/mol. The quantitative estimate of drug-likeness (QED) is 0.543. The van der Waals surface area contributed by atoms with Crippen molar-refractivity contribution in [3.8, 4) is 0 Å². The van der Waals surface area contributed by atoms with Gasteiger partial charge in [-0.15, -0.1) is 11.3 Å². The minimum absolute atomic E-state index is 0.0224. The molecule has 0 bridgehead atoms. The van der Waals surface area contributed by atoms with Crippen LogP contribution in [0.1, 0.15) is 45.3 Å². The van der Waals surface area contributed by atoms with Crippen molar-refractivity contribution in [1.82, 2.24) is 9.80 Å². The largest absolute Gasteiger partial charge is 0.462 e. The molecule has 1 aliphatic heterocycles. The minimum Gasteiger partial charge on any atom is -0.462 e. The van der Waals surface area contributed by atoms with Gasteiger partial charge in [-0.3, -0.25) is 19.4 Å². The summed E-state index contributed by atoms with van der Waals surface area (Å²) in [5, 5.41) is 6.62. The zero-order valence-corrected chi connectivity index (χ0v) is 21.6. The minimum atomic E-state index is -0.352. The number of nitrogens with one attached hydrogen (secondary N) is 2. The Hall–Kier alpha value is -2.75. The third-order valence-corrected chi connectivity index (χ3v) is 7.81. The number of thiophene rings is 1. The highest BCUT2D eigenvalue weighted by Gasteiger charge is 2.29. The molecular formula is C26H34N4O4S. The summed E-state index contributed by atoms with van der Waals surface area (Å²) in [5.74, 6) is -0.502. The number of esters is 1. The van der Waals surface area contributed by atoms with Gasteiger partial charge in [0, 0.05) is 36.7 Å². The number of ether oxygens (including phenoxy) is 1. The Morgan fingerprint density at radius 3 is 2.14 bits per heavy atom. The van der Waals surface area contributed by atoms with Gasteiger partial charge in [-0.1, -0.05) is 18.2 Å². The van der Waals surface area contributed by atoms with Crippen LogP contribution in [0, 0.1) is 13.8 Å². The van der Waals surface area contributed by atoms with Gasteiger partial charge in [0.1, 0.15) is 5.00 Å². The number of hydrogen-bond acceptors (Lipinski definition) is 7. The van der Waals surface area contributed by atoms with E-state index in [2.05, 4.69) is 20.4 Å². The van der Waals surface area contributed by atoms with E-state index in [1.165, 1.54) is 16.2 Å². The average Bonchev–Trinajstić information content (AvgIpc) is 3.38. The van der Waals surface area contributed by atoms with Crippen molar-refractivity contribution in [3.05, 3.63) is 45.3 Å². The molecule has 1 aromatic heterocycles. The molecule has 0 radical (unpaired) electrons. The summed E-state index contributed by atoms with van der Waals surface area (Å²) in [6.45, 7) is 9.51. The molecule has 2 amide bonds. The third kappa shape index (κ3) is 6.09. The molecule has 9 heteroatoms. The number of amides is 2. The van der Waals surface area contributed by atoms with Gasteiger partial charge in [0.25, 0.3) is 0 Å². The maximum atomic E-state index is 12.8. The molecule has 35 heavy (non-hydrogen) atoms. The Labute approximate surface area is 210 Å².